The van der Waals surface area contributed by atoms with Crippen LogP contribution in [0.4, 0.5) is 5.82 Å². The molecular formula is C15H17N5S. The molecule has 3 rings (SSSR count). The van der Waals surface area contributed by atoms with Gasteiger partial charge in [-0.05, 0) is 30.5 Å². The maximum atomic E-state index is 4.27. The molecule has 1 atom stereocenters. The van der Waals surface area contributed by atoms with Crippen LogP contribution in [0.3, 0.4) is 0 Å². The lowest BCUT2D eigenvalue weighted by molar-refractivity contribution is 0.788. The number of aromatic nitrogens is 4. The van der Waals surface area contributed by atoms with Crippen LogP contribution in [0.2, 0.25) is 0 Å². The lowest BCUT2D eigenvalue weighted by Gasteiger charge is -2.13. The normalized spacial score (nSPS) is 12.3. The van der Waals surface area contributed by atoms with Gasteiger partial charge in [-0.15, -0.1) is 21.5 Å². The van der Waals surface area contributed by atoms with Gasteiger partial charge < -0.3 is 9.88 Å². The van der Waals surface area contributed by atoms with Gasteiger partial charge >= 0.3 is 0 Å². The van der Waals surface area contributed by atoms with Gasteiger partial charge in [-0.3, -0.25) is 0 Å². The van der Waals surface area contributed by atoms with Crippen molar-refractivity contribution in [2.75, 3.05) is 5.32 Å². The van der Waals surface area contributed by atoms with Crippen LogP contribution in [0.15, 0.2) is 42.0 Å². The van der Waals surface area contributed by atoms with E-state index in [1.807, 2.05) is 29.9 Å². The first kappa shape index (κ1) is 13.8. The van der Waals surface area contributed by atoms with E-state index in [9.17, 15) is 0 Å². The lowest BCUT2D eigenvalue weighted by Crippen LogP contribution is -2.18. The highest BCUT2D eigenvalue weighted by Gasteiger charge is 2.08. The molecule has 5 nitrogen and oxygen atoms in total. The van der Waals surface area contributed by atoms with Crippen LogP contribution in [0.1, 0.15) is 11.8 Å². The molecule has 0 amide bonds. The summed E-state index contributed by atoms with van der Waals surface area (Å²) in [6, 6.07) is 8.43. The summed E-state index contributed by atoms with van der Waals surface area (Å²) in [6.45, 7) is 2.15. The van der Waals surface area contributed by atoms with Gasteiger partial charge in [0.2, 0.25) is 0 Å². The highest BCUT2D eigenvalue weighted by atomic mass is 32.1. The van der Waals surface area contributed by atoms with Gasteiger partial charge in [0.15, 0.2) is 5.82 Å². The molecule has 21 heavy (non-hydrogen) atoms. The van der Waals surface area contributed by atoms with Crippen molar-refractivity contribution in [3.05, 3.63) is 46.9 Å². The van der Waals surface area contributed by atoms with Crippen LogP contribution in [0.25, 0.3) is 11.5 Å². The van der Waals surface area contributed by atoms with Gasteiger partial charge in [0.05, 0.1) is 0 Å². The van der Waals surface area contributed by atoms with Crippen molar-refractivity contribution in [2.45, 2.75) is 19.4 Å². The van der Waals surface area contributed by atoms with Crippen molar-refractivity contribution in [3.63, 3.8) is 0 Å². The second-order valence-electron chi connectivity index (χ2n) is 4.99. The molecule has 0 fully saturated rings. The average molecular weight is 299 g/mol. The quantitative estimate of drug-likeness (QED) is 0.787. The SMILES string of the molecule is CC(Cc1cccs1)Nc1ccc(-c2nccn2C)nn1. The number of nitrogens with zero attached hydrogens (tertiary/aromatic N) is 4. The van der Waals surface area contributed by atoms with E-state index in [1.54, 1.807) is 17.5 Å². The largest absolute Gasteiger partial charge is 0.366 e. The topological polar surface area (TPSA) is 55.6 Å². The summed E-state index contributed by atoms with van der Waals surface area (Å²) < 4.78 is 1.93. The Labute approximate surface area is 127 Å². The molecule has 3 heterocycles. The summed E-state index contributed by atoms with van der Waals surface area (Å²) in [4.78, 5) is 5.64. The number of thiophene rings is 1. The lowest BCUT2D eigenvalue weighted by atomic mass is 10.2. The van der Waals surface area contributed by atoms with Crippen molar-refractivity contribution in [2.24, 2.45) is 7.05 Å². The molecule has 0 radical (unpaired) electrons. The number of anilines is 1. The Kier molecular flexibility index (Phi) is 3.96. The number of hydrogen-bond acceptors (Lipinski definition) is 5. The summed E-state index contributed by atoms with van der Waals surface area (Å²) in [7, 11) is 1.94. The second kappa shape index (κ2) is 6.05. The fourth-order valence-corrected chi connectivity index (χ4v) is 3.01. The maximum absolute atomic E-state index is 4.27. The fraction of sp³-hybridized carbons (Fsp3) is 0.267. The molecule has 0 aliphatic heterocycles. The number of nitrogens with one attached hydrogen (secondary N) is 1. The predicted molar refractivity (Wildman–Crippen MR) is 85.3 cm³/mol. The van der Waals surface area contributed by atoms with Gasteiger partial charge in [-0.25, -0.2) is 4.98 Å². The van der Waals surface area contributed by atoms with E-state index in [4.69, 9.17) is 0 Å². The first-order valence-corrected chi connectivity index (χ1v) is 7.70. The van der Waals surface area contributed by atoms with E-state index >= 15 is 0 Å². The van der Waals surface area contributed by atoms with Gasteiger partial charge in [0, 0.05) is 36.8 Å². The molecule has 1 unspecified atom stereocenters. The Bertz CT molecular complexity index is 687. The summed E-state index contributed by atoms with van der Waals surface area (Å²) in [5.41, 5.74) is 0.777. The van der Waals surface area contributed by atoms with Crippen molar-refractivity contribution in [3.8, 4) is 11.5 Å². The molecule has 0 aliphatic carbocycles. The summed E-state index contributed by atoms with van der Waals surface area (Å²) in [5, 5.41) is 13.9. The van der Waals surface area contributed by atoms with Crippen LogP contribution < -0.4 is 5.32 Å². The van der Waals surface area contributed by atoms with Crippen LogP contribution in [0, 0.1) is 0 Å². The number of rotatable bonds is 5. The molecule has 0 aromatic carbocycles. The molecule has 1 N–H and O–H groups in total. The molecule has 0 spiro atoms. The Morgan fingerprint density at radius 1 is 1.29 bits per heavy atom. The van der Waals surface area contributed by atoms with E-state index < -0.39 is 0 Å². The van der Waals surface area contributed by atoms with E-state index in [2.05, 4.69) is 44.9 Å². The molecule has 0 saturated carbocycles. The fourth-order valence-electron chi connectivity index (χ4n) is 2.17. The average Bonchev–Trinajstić information content (AvgIpc) is 3.11. The predicted octanol–water partition coefficient (Wildman–Crippen LogP) is 2.98. The first-order chi connectivity index (χ1) is 10.2. The Morgan fingerprint density at radius 3 is 2.81 bits per heavy atom. The highest BCUT2D eigenvalue weighted by molar-refractivity contribution is 7.09. The standard InChI is InChI=1S/C15H17N5S/c1-11(10-12-4-3-9-21-12)17-14-6-5-13(18-19-14)15-16-7-8-20(15)2/h3-9,11H,10H2,1-2H3,(H,17,19). The van der Waals surface area contributed by atoms with Crippen LogP contribution in [-0.4, -0.2) is 25.8 Å². The van der Waals surface area contributed by atoms with Gasteiger partial charge in [0.1, 0.15) is 11.5 Å². The maximum Gasteiger partial charge on any atom is 0.160 e. The minimum Gasteiger partial charge on any atom is -0.366 e. The highest BCUT2D eigenvalue weighted by Crippen LogP contribution is 2.16. The molecule has 0 saturated heterocycles. The zero-order valence-corrected chi connectivity index (χ0v) is 12.8. The Balaban J connectivity index is 1.66. The van der Waals surface area contributed by atoms with Gasteiger partial charge in [-0.1, -0.05) is 6.07 Å². The minimum absolute atomic E-state index is 0.317. The zero-order chi connectivity index (χ0) is 14.7. The molecular weight excluding hydrogens is 282 g/mol. The third-order valence-corrected chi connectivity index (χ3v) is 4.10. The molecule has 6 heteroatoms. The number of imidazole rings is 1. The van der Waals surface area contributed by atoms with Crippen molar-refractivity contribution in [1.82, 2.24) is 19.7 Å². The monoisotopic (exact) mass is 299 g/mol. The van der Waals surface area contributed by atoms with E-state index in [0.717, 1.165) is 23.8 Å². The minimum atomic E-state index is 0.317. The Hall–Kier alpha value is -2.21. The molecule has 3 aromatic heterocycles. The summed E-state index contributed by atoms with van der Waals surface area (Å²) >= 11 is 1.78. The second-order valence-corrected chi connectivity index (χ2v) is 6.03. The summed E-state index contributed by atoms with van der Waals surface area (Å²) in [5.74, 6) is 1.61. The number of aryl methyl sites for hydroxylation is 1. The third kappa shape index (κ3) is 3.28. The van der Waals surface area contributed by atoms with Crippen LogP contribution >= 0.6 is 11.3 Å². The van der Waals surface area contributed by atoms with Crippen molar-refractivity contribution in [1.29, 1.82) is 0 Å². The third-order valence-electron chi connectivity index (χ3n) is 3.20. The van der Waals surface area contributed by atoms with Crippen LogP contribution in [-0.2, 0) is 13.5 Å². The van der Waals surface area contributed by atoms with Gasteiger partial charge in [-0.2, -0.15) is 0 Å². The van der Waals surface area contributed by atoms with Gasteiger partial charge in [0.25, 0.3) is 0 Å². The number of hydrogen-bond donors (Lipinski definition) is 1. The van der Waals surface area contributed by atoms with E-state index in [-0.39, 0.29) is 0 Å². The van der Waals surface area contributed by atoms with E-state index in [1.165, 1.54) is 4.88 Å². The van der Waals surface area contributed by atoms with Crippen LogP contribution in [0.5, 0.6) is 0 Å². The molecule has 0 aliphatic rings. The Morgan fingerprint density at radius 2 is 2.19 bits per heavy atom. The smallest absolute Gasteiger partial charge is 0.160 e. The first-order valence-electron chi connectivity index (χ1n) is 6.83. The molecule has 0 bridgehead atoms. The molecule has 3 aromatic rings. The van der Waals surface area contributed by atoms with E-state index in [0.29, 0.717) is 6.04 Å². The van der Waals surface area contributed by atoms with Crippen molar-refractivity contribution >= 4 is 17.2 Å². The van der Waals surface area contributed by atoms with Crippen molar-refractivity contribution < 1.29 is 0 Å². The molecule has 108 valence electrons. The zero-order valence-electron chi connectivity index (χ0n) is 12.0. The summed E-state index contributed by atoms with van der Waals surface area (Å²) in [6.07, 6.45) is 4.64.